The van der Waals surface area contributed by atoms with Gasteiger partial charge >= 0.3 is 0 Å². The maximum Gasteiger partial charge on any atom is 0.187 e. The summed E-state index contributed by atoms with van der Waals surface area (Å²) in [6.45, 7) is 4.51. The van der Waals surface area contributed by atoms with E-state index in [2.05, 4.69) is 33.5 Å². The van der Waals surface area contributed by atoms with Crippen LogP contribution in [0.15, 0.2) is 58.9 Å². The Morgan fingerprint density at radius 1 is 1.05 bits per heavy atom. The van der Waals surface area contributed by atoms with Crippen molar-refractivity contribution >= 4 is 39.7 Å². The quantitative estimate of drug-likeness (QED) is 0.219. The molecule has 1 aliphatic rings. The van der Waals surface area contributed by atoms with E-state index in [1.807, 2.05) is 31.4 Å². The number of nitrogens with zero attached hydrogens (tertiary/aromatic N) is 5. The van der Waals surface area contributed by atoms with Gasteiger partial charge in [0, 0.05) is 22.4 Å². The topological polar surface area (TPSA) is 163 Å². The zero-order valence-electron chi connectivity index (χ0n) is 22.7. The molecule has 1 unspecified atom stereocenters. The van der Waals surface area contributed by atoms with Gasteiger partial charge in [0.2, 0.25) is 0 Å². The van der Waals surface area contributed by atoms with Crippen molar-refractivity contribution in [1.29, 1.82) is 15.8 Å². The number of nitriles is 3. The number of pyridine rings is 1. The van der Waals surface area contributed by atoms with E-state index in [1.54, 1.807) is 36.4 Å². The minimum atomic E-state index is -0.624. The van der Waals surface area contributed by atoms with Crippen LogP contribution in [0.3, 0.4) is 0 Å². The van der Waals surface area contributed by atoms with Crippen molar-refractivity contribution < 1.29 is 14.2 Å². The van der Waals surface area contributed by atoms with Crippen molar-refractivity contribution in [3.05, 3.63) is 76.3 Å². The van der Waals surface area contributed by atoms with Gasteiger partial charge in [0.05, 0.1) is 29.5 Å². The summed E-state index contributed by atoms with van der Waals surface area (Å²) in [4.78, 5) is 9.00. The van der Waals surface area contributed by atoms with Gasteiger partial charge in [0.15, 0.2) is 10.9 Å². The van der Waals surface area contributed by atoms with Crippen LogP contribution >= 0.6 is 23.1 Å². The third-order valence-corrected chi connectivity index (χ3v) is 8.05. The molecule has 0 radical (unpaired) electrons. The summed E-state index contributed by atoms with van der Waals surface area (Å²) in [6, 6.07) is 20.7. The van der Waals surface area contributed by atoms with E-state index < -0.39 is 5.79 Å². The summed E-state index contributed by atoms with van der Waals surface area (Å²) in [6.07, 6.45) is -0.171. The molecule has 1 aliphatic heterocycles. The summed E-state index contributed by atoms with van der Waals surface area (Å²) in [7, 11) is 0. The second-order valence-corrected chi connectivity index (χ2v) is 11.5. The van der Waals surface area contributed by atoms with Crippen LogP contribution in [0.2, 0.25) is 0 Å². The molecule has 1 saturated heterocycles. The highest BCUT2D eigenvalue weighted by Gasteiger charge is 2.33. The number of anilines is 3. The molecule has 42 heavy (non-hydrogen) atoms. The van der Waals surface area contributed by atoms with E-state index in [-0.39, 0.29) is 23.0 Å². The Morgan fingerprint density at radius 3 is 2.43 bits per heavy atom. The van der Waals surface area contributed by atoms with Gasteiger partial charge in [0.25, 0.3) is 0 Å². The van der Waals surface area contributed by atoms with Gasteiger partial charge in [-0.25, -0.2) is 9.97 Å². The predicted molar refractivity (Wildman–Crippen MR) is 160 cm³/mol. The highest BCUT2D eigenvalue weighted by molar-refractivity contribution is 7.98. The summed E-state index contributed by atoms with van der Waals surface area (Å²) < 4.78 is 17.2. The number of thioether (sulfide) groups is 1. The molecule has 0 amide bonds. The summed E-state index contributed by atoms with van der Waals surface area (Å²) >= 11 is 2.76. The van der Waals surface area contributed by atoms with Crippen LogP contribution in [0, 0.1) is 34.0 Å². The van der Waals surface area contributed by atoms with Gasteiger partial charge < -0.3 is 25.3 Å². The number of nitrogens with two attached hydrogens (primary N) is 1. The molecule has 12 heteroatoms. The van der Waals surface area contributed by atoms with Crippen molar-refractivity contribution in [2.75, 3.05) is 24.3 Å². The second kappa shape index (κ2) is 12.5. The van der Waals surface area contributed by atoms with Crippen molar-refractivity contribution in [3.8, 4) is 35.1 Å². The van der Waals surface area contributed by atoms with Crippen molar-refractivity contribution in [1.82, 2.24) is 9.97 Å². The number of aromatic nitrogens is 2. The lowest BCUT2D eigenvalue weighted by atomic mass is 9.97. The van der Waals surface area contributed by atoms with Gasteiger partial charge in [-0.2, -0.15) is 15.8 Å². The molecule has 2 aromatic heterocycles. The van der Waals surface area contributed by atoms with Crippen molar-refractivity contribution in [3.63, 3.8) is 0 Å². The van der Waals surface area contributed by atoms with E-state index >= 15 is 0 Å². The highest BCUT2D eigenvalue weighted by Crippen LogP contribution is 2.37. The molecule has 2 aromatic carbocycles. The second-order valence-electron chi connectivity index (χ2n) is 9.68. The molecule has 1 atom stereocenters. The molecule has 4 aromatic rings. The lowest BCUT2D eigenvalue weighted by molar-refractivity contribution is -0.141. The van der Waals surface area contributed by atoms with E-state index in [9.17, 15) is 10.5 Å². The first-order chi connectivity index (χ1) is 20.3. The summed E-state index contributed by atoms with van der Waals surface area (Å²) in [5.41, 5.74) is 9.87. The van der Waals surface area contributed by atoms with Crippen LogP contribution in [0.4, 0.5) is 16.6 Å². The fourth-order valence-electron chi connectivity index (χ4n) is 4.27. The molecule has 3 heterocycles. The third kappa shape index (κ3) is 6.63. The fraction of sp³-hybridized carbons (Fsp3) is 0.233. The first-order valence-corrected chi connectivity index (χ1v) is 14.7. The lowest BCUT2D eigenvalue weighted by Gasteiger charge is -2.17. The molecule has 10 nitrogen and oxygen atoms in total. The Labute approximate surface area is 251 Å². The van der Waals surface area contributed by atoms with Crippen molar-refractivity contribution in [2.45, 2.75) is 36.5 Å². The standard InChI is InChI=1S/C30H25N7O3S2/c1-30(2)39-15-23(40-30)14-38-22-9-5-19(6-10-22)26-24(12-32)27(34)37-28(25(26)13-33)41-16-21-17-42-29(36-21)35-20-7-3-18(11-31)4-8-20/h3-10,17,23H,14-16H2,1-2H3,(H2,34,37)(H,35,36). The van der Waals surface area contributed by atoms with Crippen LogP contribution in [-0.2, 0) is 15.2 Å². The Bertz CT molecular complexity index is 1720. The number of rotatable bonds is 9. The minimum absolute atomic E-state index is 0.0526. The molecular formula is C30H25N7O3S2. The molecule has 0 saturated carbocycles. The van der Waals surface area contributed by atoms with Crippen LogP contribution in [0.5, 0.6) is 5.75 Å². The SMILES string of the molecule is CC1(C)OCC(COc2ccc(-c3c(C#N)c(N)nc(SCc4csc(Nc5ccc(C#N)cc5)n4)c3C#N)cc2)O1. The summed E-state index contributed by atoms with van der Waals surface area (Å²) in [5.74, 6) is 0.488. The third-order valence-electron chi connectivity index (χ3n) is 6.24. The first-order valence-electron chi connectivity index (χ1n) is 12.8. The molecule has 0 spiro atoms. The number of ether oxygens (including phenoxy) is 3. The molecule has 5 rings (SSSR count). The van der Waals surface area contributed by atoms with E-state index in [1.165, 1.54) is 23.1 Å². The number of nitrogen functional groups attached to an aromatic ring is 1. The van der Waals surface area contributed by atoms with Gasteiger partial charge in [-0.3, -0.25) is 0 Å². The van der Waals surface area contributed by atoms with E-state index in [0.717, 1.165) is 11.4 Å². The van der Waals surface area contributed by atoms with Gasteiger partial charge in [-0.1, -0.05) is 23.9 Å². The minimum Gasteiger partial charge on any atom is -0.491 e. The zero-order chi connectivity index (χ0) is 29.7. The zero-order valence-corrected chi connectivity index (χ0v) is 24.4. The molecular weight excluding hydrogens is 571 g/mol. The highest BCUT2D eigenvalue weighted by atomic mass is 32.2. The van der Waals surface area contributed by atoms with Crippen LogP contribution < -0.4 is 15.8 Å². The average Bonchev–Trinajstić information content (AvgIpc) is 3.60. The van der Waals surface area contributed by atoms with E-state index in [4.69, 9.17) is 25.2 Å². The maximum absolute atomic E-state index is 10.1. The van der Waals surface area contributed by atoms with Gasteiger partial charge in [0.1, 0.15) is 47.0 Å². The van der Waals surface area contributed by atoms with E-state index in [0.29, 0.717) is 51.6 Å². The van der Waals surface area contributed by atoms with Crippen LogP contribution in [-0.4, -0.2) is 35.1 Å². The Morgan fingerprint density at radius 2 is 1.79 bits per heavy atom. The van der Waals surface area contributed by atoms with Crippen LogP contribution in [0.25, 0.3) is 11.1 Å². The Balaban J connectivity index is 1.31. The number of hydrogen-bond donors (Lipinski definition) is 2. The Kier molecular flexibility index (Phi) is 8.58. The van der Waals surface area contributed by atoms with Crippen LogP contribution in [0.1, 0.15) is 36.2 Å². The summed E-state index contributed by atoms with van der Waals surface area (Å²) in [5, 5.41) is 35.2. The van der Waals surface area contributed by atoms with Gasteiger partial charge in [-0.15, -0.1) is 11.3 Å². The molecule has 0 bridgehead atoms. The number of benzene rings is 2. The predicted octanol–water partition coefficient (Wildman–Crippen LogP) is 5.97. The maximum atomic E-state index is 10.1. The van der Waals surface area contributed by atoms with Gasteiger partial charge in [-0.05, 0) is 55.8 Å². The average molecular weight is 596 g/mol. The monoisotopic (exact) mass is 595 g/mol. The molecule has 0 aliphatic carbocycles. The Hall–Kier alpha value is -4.64. The van der Waals surface area contributed by atoms with Crippen molar-refractivity contribution in [2.24, 2.45) is 0 Å². The normalized spacial score (nSPS) is 15.4. The molecule has 3 N–H and O–H groups in total. The smallest absolute Gasteiger partial charge is 0.187 e. The fourth-order valence-corrected chi connectivity index (χ4v) is 5.99. The number of hydrogen-bond acceptors (Lipinski definition) is 12. The lowest BCUT2D eigenvalue weighted by Crippen LogP contribution is -2.25. The number of nitrogens with one attached hydrogen (secondary N) is 1. The largest absolute Gasteiger partial charge is 0.491 e. The number of thiazole rings is 1. The molecule has 210 valence electrons. The first kappa shape index (κ1) is 28.9. The molecule has 1 fully saturated rings.